The topological polar surface area (TPSA) is 64.1 Å². The summed E-state index contributed by atoms with van der Waals surface area (Å²) in [5.41, 5.74) is 1.74. The predicted molar refractivity (Wildman–Crippen MR) is 87.4 cm³/mol. The summed E-state index contributed by atoms with van der Waals surface area (Å²) in [6.07, 6.45) is 0.821. The number of hydrogen-bond donors (Lipinski definition) is 1. The van der Waals surface area contributed by atoms with Crippen LogP contribution in [0.15, 0.2) is 24.3 Å². The van der Waals surface area contributed by atoms with E-state index in [4.69, 9.17) is 4.74 Å². The summed E-state index contributed by atoms with van der Waals surface area (Å²) in [7, 11) is 0. The van der Waals surface area contributed by atoms with Gasteiger partial charge in [0.2, 0.25) is 0 Å². The molecule has 1 N–H and O–H groups in total. The van der Waals surface area contributed by atoms with Crippen LogP contribution in [0.3, 0.4) is 0 Å². The zero-order chi connectivity index (χ0) is 16.1. The molecule has 0 fully saturated rings. The van der Waals surface area contributed by atoms with E-state index in [1.165, 1.54) is 0 Å². The van der Waals surface area contributed by atoms with Gasteiger partial charge in [0.1, 0.15) is 10.6 Å². The molecular formula is C16H21N3O2S. The fraction of sp³-hybridized carbons (Fsp3) is 0.438. The molecule has 118 valence electrons. The van der Waals surface area contributed by atoms with Gasteiger partial charge in [0.05, 0.1) is 17.8 Å². The molecule has 6 heteroatoms. The van der Waals surface area contributed by atoms with E-state index in [-0.39, 0.29) is 18.1 Å². The molecule has 0 aliphatic heterocycles. The fourth-order valence-electron chi connectivity index (χ4n) is 2.09. The van der Waals surface area contributed by atoms with Crippen molar-refractivity contribution in [2.75, 3.05) is 0 Å². The first kappa shape index (κ1) is 16.4. The second kappa shape index (κ2) is 7.35. The van der Waals surface area contributed by atoms with Gasteiger partial charge >= 0.3 is 0 Å². The zero-order valence-electron chi connectivity index (χ0n) is 13.3. The van der Waals surface area contributed by atoms with Gasteiger partial charge in [-0.25, -0.2) is 0 Å². The number of nitrogens with zero attached hydrogens (tertiary/aromatic N) is 2. The molecule has 1 aromatic heterocycles. The first-order chi connectivity index (χ1) is 10.5. The van der Waals surface area contributed by atoms with Crippen molar-refractivity contribution in [1.29, 1.82) is 0 Å². The molecule has 0 aliphatic rings. The second-order valence-corrected chi connectivity index (χ2v) is 6.09. The summed E-state index contributed by atoms with van der Waals surface area (Å²) >= 11 is 1.13. The van der Waals surface area contributed by atoms with Gasteiger partial charge in [-0.1, -0.05) is 23.5 Å². The summed E-state index contributed by atoms with van der Waals surface area (Å²) in [6, 6.07) is 7.66. The normalized spacial score (nSPS) is 12.2. The monoisotopic (exact) mass is 319 g/mol. The molecule has 0 spiro atoms. The standard InChI is InChI=1S/C16H21N3O2S/c1-5-14-15(22-19-18-14)16(20)17-11(4)12-7-6-8-13(9-12)21-10(2)3/h6-11H,5H2,1-4H3,(H,17,20)/t11-/m0/s1. The summed E-state index contributed by atoms with van der Waals surface area (Å²) < 4.78 is 9.54. The molecule has 0 aliphatic carbocycles. The molecule has 0 radical (unpaired) electrons. The van der Waals surface area contributed by atoms with Crippen LogP contribution < -0.4 is 10.1 Å². The third-order valence-corrected chi connectivity index (χ3v) is 3.94. The lowest BCUT2D eigenvalue weighted by atomic mass is 10.1. The van der Waals surface area contributed by atoms with Crippen molar-refractivity contribution in [3.63, 3.8) is 0 Å². The van der Waals surface area contributed by atoms with Crippen LogP contribution in [-0.2, 0) is 6.42 Å². The number of rotatable bonds is 6. The maximum atomic E-state index is 12.3. The first-order valence-electron chi connectivity index (χ1n) is 7.40. The molecule has 0 bridgehead atoms. The lowest BCUT2D eigenvalue weighted by Gasteiger charge is -2.16. The second-order valence-electron chi connectivity index (χ2n) is 5.34. The van der Waals surface area contributed by atoms with Crippen molar-refractivity contribution in [2.45, 2.75) is 46.3 Å². The van der Waals surface area contributed by atoms with Gasteiger partial charge in [-0.3, -0.25) is 4.79 Å². The number of carbonyl (C=O) groups is 1. The molecule has 22 heavy (non-hydrogen) atoms. The van der Waals surface area contributed by atoms with E-state index in [0.717, 1.165) is 28.5 Å². The van der Waals surface area contributed by atoms with Gasteiger partial charge in [0, 0.05) is 0 Å². The molecule has 1 amide bonds. The highest BCUT2D eigenvalue weighted by atomic mass is 32.1. The highest BCUT2D eigenvalue weighted by Crippen LogP contribution is 2.21. The van der Waals surface area contributed by atoms with Crippen molar-refractivity contribution in [3.05, 3.63) is 40.4 Å². The van der Waals surface area contributed by atoms with Crippen LogP contribution in [0.4, 0.5) is 0 Å². The molecule has 0 saturated heterocycles. The van der Waals surface area contributed by atoms with Crippen molar-refractivity contribution in [3.8, 4) is 5.75 Å². The van der Waals surface area contributed by atoms with Crippen molar-refractivity contribution in [2.24, 2.45) is 0 Å². The Morgan fingerprint density at radius 3 is 2.82 bits per heavy atom. The quantitative estimate of drug-likeness (QED) is 0.886. The van der Waals surface area contributed by atoms with Crippen LogP contribution in [-0.4, -0.2) is 21.6 Å². The predicted octanol–water partition coefficient (Wildman–Crippen LogP) is 3.38. The third kappa shape index (κ3) is 4.04. The van der Waals surface area contributed by atoms with Crippen LogP contribution in [0.1, 0.15) is 54.7 Å². The minimum absolute atomic E-state index is 0.116. The smallest absolute Gasteiger partial charge is 0.265 e. The van der Waals surface area contributed by atoms with Crippen molar-refractivity contribution >= 4 is 17.4 Å². The molecule has 2 rings (SSSR count). The SMILES string of the molecule is CCc1nnsc1C(=O)N[C@@H](C)c1cccc(OC(C)C)c1. The fourth-order valence-corrected chi connectivity index (χ4v) is 2.74. The Labute approximate surface area is 134 Å². The van der Waals surface area contributed by atoms with Crippen LogP contribution in [0.2, 0.25) is 0 Å². The van der Waals surface area contributed by atoms with E-state index in [1.54, 1.807) is 0 Å². The van der Waals surface area contributed by atoms with E-state index in [2.05, 4.69) is 14.9 Å². The Morgan fingerprint density at radius 2 is 2.14 bits per heavy atom. The summed E-state index contributed by atoms with van der Waals surface area (Å²) in [5, 5.41) is 6.96. The van der Waals surface area contributed by atoms with Gasteiger partial charge in [0.25, 0.3) is 5.91 Å². The van der Waals surface area contributed by atoms with Crippen LogP contribution in [0.5, 0.6) is 5.75 Å². The van der Waals surface area contributed by atoms with Gasteiger partial charge < -0.3 is 10.1 Å². The average molecular weight is 319 g/mol. The zero-order valence-corrected chi connectivity index (χ0v) is 14.1. The Balaban J connectivity index is 2.08. The van der Waals surface area contributed by atoms with Gasteiger partial charge in [-0.2, -0.15) is 0 Å². The van der Waals surface area contributed by atoms with E-state index in [0.29, 0.717) is 11.3 Å². The Morgan fingerprint density at radius 1 is 1.36 bits per heavy atom. The van der Waals surface area contributed by atoms with Crippen molar-refractivity contribution in [1.82, 2.24) is 14.9 Å². The molecular weight excluding hydrogens is 298 g/mol. The summed E-state index contributed by atoms with van der Waals surface area (Å²) in [4.78, 5) is 12.9. The van der Waals surface area contributed by atoms with Crippen LogP contribution in [0, 0.1) is 0 Å². The molecule has 2 aromatic rings. The molecule has 1 aromatic carbocycles. The lowest BCUT2D eigenvalue weighted by molar-refractivity contribution is 0.0942. The molecule has 1 atom stereocenters. The molecule has 0 unspecified atom stereocenters. The number of aromatic nitrogens is 2. The minimum Gasteiger partial charge on any atom is -0.491 e. The average Bonchev–Trinajstić information content (AvgIpc) is 2.95. The van der Waals surface area contributed by atoms with E-state index in [9.17, 15) is 4.79 Å². The Hall–Kier alpha value is -1.95. The molecule has 1 heterocycles. The minimum atomic E-state index is -0.130. The number of nitrogens with one attached hydrogen (secondary N) is 1. The number of aryl methyl sites for hydroxylation is 1. The molecule has 0 saturated carbocycles. The number of carbonyl (C=O) groups excluding carboxylic acids is 1. The Bertz CT molecular complexity index is 640. The third-order valence-electron chi connectivity index (χ3n) is 3.17. The first-order valence-corrected chi connectivity index (χ1v) is 8.17. The maximum Gasteiger partial charge on any atom is 0.265 e. The number of benzene rings is 1. The van der Waals surface area contributed by atoms with E-state index in [1.807, 2.05) is 52.0 Å². The maximum absolute atomic E-state index is 12.3. The summed E-state index contributed by atoms with van der Waals surface area (Å²) in [5.74, 6) is 0.678. The lowest BCUT2D eigenvalue weighted by Crippen LogP contribution is -2.26. The Kier molecular flexibility index (Phi) is 5.49. The summed E-state index contributed by atoms with van der Waals surface area (Å²) in [6.45, 7) is 7.89. The van der Waals surface area contributed by atoms with Crippen molar-refractivity contribution < 1.29 is 9.53 Å². The van der Waals surface area contributed by atoms with Crippen LogP contribution in [0.25, 0.3) is 0 Å². The highest BCUT2D eigenvalue weighted by Gasteiger charge is 2.18. The van der Waals surface area contributed by atoms with Gasteiger partial charge in [-0.05, 0) is 56.4 Å². The van der Waals surface area contributed by atoms with Crippen LogP contribution >= 0.6 is 11.5 Å². The highest BCUT2D eigenvalue weighted by molar-refractivity contribution is 7.08. The van der Waals surface area contributed by atoms with Gasteiger partial charge in [0.15, 0.2) is 0 Å². The number of amides is 1. The van der Waals surface area contributed by atoms with E-state index >= 15 is 0 Å². The largest absolute Gasteiger partial charge is 0.491 e. The number of ether oxygens (including phenoxy) is 1. The van der Waals surface area contributed by atoms with Gasteiger partial charge in [-0.15, -0.1) is 5.10 Å². The molecule has 5 nitrogen and oxygen atoms in total. The number of hydrogen-bond acceptors (Lipinski definition) is 5. The van der Waals surface area contributed by atoms with E-state index < -0.39 is 0 Å².